The Balaban J connectivity index is 2.13. The van der Waals surface area contributed by atoms with Crippen LogP contribution in [0.15, 0.2) is 18.3 Å². The quantitative estimate of drug-likeness (QED) is 0.773. The predicted molar refractivity (Wildman–Crippen MR) is 59.0 cm³/mol. The zero-order chi connectivity index (χ0) is 10.7. The lowest BCUT2D eigenvalue weighted by molar-refractivity contribution is 0.198. The van der Waals surface area contributed by atoms with Crippen LogP contribution in [-0.4, -0.2) is 43.7 Å². The molecule has 0 saturated carbocycles. The molecule has 2 rings (SSSR count). The van der Waals surface area contributed by atoms with E-state index < -0.39 is 0 Å². The number of pyridine rings is 1. The Labute approximate surface area is 90.3 Å². The fourth-order valence-electron chi connectivity index (χ4n) is 1.85. The van der Waals surface area contributed by atoms with Crippen LogP contribution < -0.4 is 10.1 Å². The second kappa shape index (κ2) is 4.59. The van der Waals surface area contributed by atoms with Crippen LogP contribution in [0.2, 0.25) is 0 Å². The number of methoxy groups -OCH3 is 1. The molecule has 4 nitrogen and oxygen atoms in total. The molecule has 1 atom stereocenters. The monoisotopic (exact) mass is 207 g/mol. The van der Waals surface area contributed by atoms with Gasteiger partial charge in [0, 0.05) is 19.6 Å². The van der Waals surface area contributed by atoms with E-state index in [0.29, 0.717) is 6.04 Å². The first-order valence-corrected chi connectivity index (χ1v) is 5.22. The molecule has 1 N–H and O–H groups in total. The van der Waals surface area contributed by atoms with Crippen molar-refractivity contribution in [3.05, 3.63) is 24.0 Å². The zero-order valence-electron chi connectivity index (χ0n) is 9.23. The highest BCUT2D eigenvalue weighted by Crippen LogP contribution is 2.20. The summed E-state index contributed by atoms with van der Waals surface area (Å²) in [5, 5.41) is 3.38. The number of likely N-dealkylation sites (N-methyl/N-ethyl adjacent to an activating group) is 1. The lowest BCUT2D eigenvalue weighted by Gasteiger charge is -2.32. The Kier molecular flexibility index (Phi) is 3.18. The van der Waals surface area contributed by atoms with Gasteiger partial charge in [-0.3, -0.25) is 9.88 Å². The molecule has 0 radical (unpaired) electrons. The van der Waals surface area contributed by atoms with Crippen LogP contribution in [0, 0.1) is 0 Å². The number of aromatic nitrogens is 1. The average Bonchev–Trinajstić information content (AvgIpc) is 2.30. The van der Waals surface area contributed by atoms with Gasteiger partial charge in [0.05, 0.1) is 25.0 Å². The smallest absolute Gasteiger partial charge is 0.137 e. The topological polar surface area (TPSA) is 37.4 Å². The number of rotatable bonds is 2. The molecule has 1 aromatic rings. The number of nitrogens with zero attached hydrogens (tertiary/aromatic N) is 2. The van der Waals surface area contributed by atoms with E-state index >= 15 is 0 Å². The molecule has 82 valence electrons. The van der Waals surface area contributed by atoms with E-state index in [1.165, 1.54) is 0 Å². The third-order valence-electron chi connectivity index (χ3n) is 2.85. The standard InChI is InChI=1S/C11H17N3O/c1-14-6-5-12-8-11(14)10-4-3-9(15-2)7-13-10/h3-4,7,11-12H,5-6,8H2,1-2H3. The lowest BCUT2D eigenvalue weighted by atomic mass is 10.1. The summed E-state index contributed by atoms with van der Waals surface area (Å²) in [7, 11) is 3.79. The largest absolute Gasteiger partial charge is 0.495 e. The number of ether oxygens (including phenoxy) is 1. The van der Waals surface area contributed by atoms with Crippen LogP contribution in [0.5, 0.6) is 5.75 Å². The van der Waals surface area contributed by atoms with Crippen molar-refractivity contribution in [3.63, 3.8) is 0 Å². The van der Waals surface area contributed by atoms with Crippen molar-refractivity contribution in [3.8, 4) is 5.75 Å². The van der Waals surface area contributed by atoms with Gasteiger partial charge in [-0.25, -0.2) is 0 Å². The normalized spacial score (nSPS) is 22.7. The third-order valence-corrected chi connectivity index (χ3v) is 2.85. The molecule has 1 unspecified atom stereocenters. The van der Waals surface area contributed by atoms with Gasteiger partial charge in [-0.05, 0) is 19.2 Å². The Morgan fingerprint density at radius 2 is 2.40 bits per heavy atom. The van der Waals surface area contributed by atoms with Gasteiger partial charge < -0.3 is 10.1 Å². The SMILES string of the molecule is COc1ccc(C2CNCCN2C)nc1. The van der Waals surface area contributed by atoms with Crippen LogP contribution >= 0.6 is 0 Å². The number of nitrogens with one attached hydrogen (secondary N) is 1. The number of piperazine rings is 1. The van der Waals surface area contributed by atoms with Crippen molar-refractivity contribution in [1.29, 1.82) is 0 Å². The van der Waals surface area contributed by atoms with E-state index in [4.69, 9.17) is 4.74 Å². The molecule has 4 heteroatoms. The summed E-state index contributed by atoms with van der Waals surface area (Å²) in [5.41, 5.74) is 1.10. The highest BCUT2D eigenvalue weighted by Gasteiger charge is 2.21. The summed E-state index contributed by atoms with van der Waals surface area (Å²) in [4.78, 5) is 6.74. The fraction of sp³-hybridized carbons (Fsp3) is 0.545. The van der Waals surface area contributed by atoms with Crippen molar-refractivity contribution in [2.75, 3.05) is 33.8 Å². The van der Waals surface area contributed by atoms with E-state index in [0.717, 1.165) is 31.1 Å². The maximum Gasteiger partial charge on any atom is 0.137 e. The first-order chi connectivity index (χ1) is 7.31. The van der Waals surface area contributed by atoms with Gasteiger partial charge in [0.1, 0.15) is 5.75 Å². The molecule has 0 bridgehead atoms. The second-order valence-corrected chi connectivity index (χ2v) is 3.82. The average molecular weight is 207 g/mol. The van der Waals surface area contributed by atoms with E-state index in [-0.39, 0.29) is 0 Å². The molecule has 1 aliphatic rings. The van der Waals surface area contributed by atoms with Crippen molar-refractivity contribution in [2.45, 2.75) is 6.04 Å². The van der Waals surface area contributed by atoms with Gasteiger partial charge in [-0.2, -0.15) is 0 Å². The maximum absolute atomic E-state index is 5.09. The summed E-state index contributed by atoms with van der Waals surface area (Å²) in [5.74, 6) is 0.810. The van der Waals surface area contributed by atoms with Crippen molar-refractivity contribution < 1.29 is 4.74 Å². The summed E-state index contributed by atoms with van der Waals surface area (Å²) in [6.07, 6.45) is 1.78. The second-order valence-electron chi connectivity index (χ2n) is 3.82. The molecular weight excluding hydrogens is 190 g/mol. The van der Waals surface area contributed by atoms with Crippen molar-refractivity contribution >= 4 is 0 Å². The Morgan fingerprint density at radius 3 is 3.00 bits per heavy atom. The number of hydrogen-bond donors (Lipinski definition) is 1. The summed E-state index contributed by atoms with van der Waals surface area (Å²) < 4.78 is 5.09. The van der Waals surface area contributed by atoms with Crippen molar-refractivity contribution in [1.82, 2.24) is 15.2 Å². The highest BCUT2D eigenvalue weighted by atomic mass is 16.5. The van der Waals surface area contributed by atoms with E-state index in [2.05, 4.69) is 22.2 Å². The minimum Gasteiger partial charge on any atom is -0.495 e. The molecule has 0 aromatic carbocycles. The van der Waals surface area contributed by atoms with Gasteiger partial charge in [0.15, 0.2) is 0 Å². The summed E-state index contributed by atoms with van der Waals surface area (Å²) >= 11 is 0. The summed E-state index contributed by atoms with van der Waals surface area (Å²) in [6.45, 7) is 3.09. The summed E-state index contributed by atoms with van der Waals surface area (Å²) in [6, 6.07) is 4.38. The van der Waals surface area contributed by atoms with Crippen molar-refractivity contribution in [2.24, 2.45) is 0 Å². The fourth-order valence-corrected chi connectivity index (χ4v) is 1.85. The zero-order valence-corrected chi connectivity index (χ0v) is 9.23. The van der Waals surface area contributed by atoms with Crippen LogP contribution in [0.1, 0.15) is 11.7 Å². The molecule has 0 amide bonds. The minimum atomic E-state index is 0.379. The Bertz CT molecular complexity index is 312. The van der Waals surface area contributed by atoms with E-state index in [1.54, 1.807) is 13.3 Å². The predicted octanol–water partition coefficient (Wildman–Crippen LogP) is 0.666. The maximum atomic E-state index is 5.09. The molecule has 1 saturated heterocycles. The molecule has 0 aliphatic carbocycles. The van der Waals surface area contributed by atoms with Crippen LogP contribution in [0.3, 0.4) is 0 Å². The molecule has 0 spiro atoms. The molecule has 1 fully saturated rings. The number of hydrogen-bond acceptors (Lipinski definition) is 4. The first-order valence-electron chi connectivity index (χ1n) is 5.22. The van der Waals surface area contributed by atoms with Gasteiger partial charge in [-0.1, -0.05) is 0 Å². The van der Waals surface area contributed by atoms with Gasteiger partial charge in [0.25, 0.3) is 0 Å². The highest BCUT2D eigenvalue weighted by molar-refractivity contribution is 5.21. The minimum absolute atomic E-state index is 0.379. The molecule has 1 aliphatic heterocycles. The molecule has 1 aromatic heterocycles. The first kappa shape index (κ1) is 10.4. The molecular formula is C11H17N3O. The Morgan fingerprint density at radius 1 is 1.53 bits per heavy atom. The van der Waals surface area contributed by atoms with Crippen LogP contribution in [-0.2, 0) is 0 Å². The third kappa shape index (κ3) is 2.27. The van der Waals surface area contributed by atoms with Gasteiger partial charge in [0.2, 0.25) is 0 Å². The van der Waals surface area contributed by atoms with Crippen LogP contribution in [0.4, 0.5) is 0 Å². The van der Waals surface area contributed by atoms with Crippen LogP contribution in [0.25, 0.3) is 0 Å². The van der Waals surface area contributed by atoms with E-state index in [9.17, 15) is 0 Å². The Hall–Kier alpha value is -1.13. The molecule has 2 heterocycles. The van der Waals surface area contributed by atoms with Gasteiger partial charge >= 0.3 is 0 Å². The lowest BCUT2D eigenvalue weighted by Crippen LogP contribution is -2.44. The van der Waals surface area contributed by atoms with E-state index in [1.807, 2.05) is 12.1 Å². The van der Waals surface area contributed by atoms with Gasteiger partial charge in [-0.15, -0.1) is 0 Å². The molecule has 15 heavy (non-hydrogen) atoms.